The van der Waals surface area contributed by atoms with Crippen molar-refractivity contribution in [2.45, 2.75) is 64.5 Å². The summed E-state index contributed by atoms with van der Waals surface area (Å²) < 4.78 is 5.76. The molecule has 1 unspecified atom stereocenters. The SMILES string of the molecule is CCCc1cnc(C)nc1NC1CCN(CC2CCCO2)CC1. The summed E-state index contributed by atoms with van der Waals surface area (Å²) in [5, 5.41) is 3.68. The molecule has 0 spiro atoms. The van der Waals surface area contributed by atoms with Gasteiger partial charge in [-0.2, -0.15) is 0 Å². The van der Waals surface area contributed by atoms with Gasteiger partial charge in [0.15, 0.2) is 0 Å². The van der Waals surface area contributed by atoms with Crippen LogP contribution in [0.4, 0.5) is 5.82 Å². The van der Waals surface area contributed by atoms with Crippen molar-refractivity contribution in [1.29, 1.82) is 0 Å². The van der Waals surface area contributed by atoms with Gasteiger partial charge in [0.25, 0.3) is 0 Å². The molecule has 2 fully saturated rings. The maximum Gasteiger partial charge on any atom is 0.133 e. The number of aromatic nitrogens is 2. The maximum absolute atomic E-state index is 5.76. The molecule has 1 N–H and O–H groups in total. The second kappa shape index (κ2) is 8.06. The summed E-state index contributed by atoms with van der Waals surface area (Å²) in [5.74, 6) is 1.90. The average Bonchev–Trinajstić information content (AvgIpc) is 3.05. The van der Waals surface area contributed by atoms with Crippen molar-refractivity contribution in [3.05, 3.63) is 17.6 Å². The summed E-state index contributed by atoms with van der Waals surface area (Å²) >= 11 is 0. The third-order valence-corrected chi connectivity index (χ3v) is 4.92. The fourth-order valence-corrected chi connectivity index (χ4v) is 3.60. The van der Waals surface area contributed by atoms with Gasteiger partial charge in [-0.1, -0.05) is 13.3 Å². The van der Waals surface area contributed by atoms with Gasteiger partial charge in [0.2, 0.25) is 0 Å². The predicted octanol–water partition coefficient (Wildman–Crippen LogP) is 2.79. The Hall–Kier alpha value is -1.20. The van der Waals surface area contributed by atoms with Crippen molar-refractivity contribution in [1.82, 2.24) is 14.9 Å². The van der Waals surface area contributed by atoms with Crippen molar-refractivity contribution >= 4 is 5.82 Å². The van der Waals surface area contributed by atoms with E-state index in [-0.39, 0.29) is 0 Å². The maximum atomic E-state index is 5.76. The number of nitrogens with zero attached hydrogens (tertiary/aromatic N) is 3. The molecule has 23 heavy (non-hydrogen) atoms. The first-order valence-electron chi connectivity index (χ1n) is 9.17. The number of hydrogen-bond donors (Lipinski definition) is 1. The Morgan fingerprint density at radius 2 is 2.13 bits per heavy atom. The largest absolute Gasteiger partial charge is 0.377 e. The van der Waals surface area contributed by atoms with E-state index in [2.05, 4.69) is 27.1 Å². The Labute approximate surface area is 139 Å². The van der Waals surface area contributed by atoms with Crippen LogP contribution in [-0.4, -0.2) is 53.3 Å². The smallest absolute Gasteiger partial charge is 0.133 e. The minimum absolute atomic E-state index is 0.472. The van der Waals surface area contributed by atoms with Gasteiger partial charge in [0, 0.05) is 44.0 Å². The highest BCUT2D eigenvalue weighted by molar-refractivity contribution is 5.44. The standard InChI is InChI=1S/C18H30N4O/c1-3-5-15-12-19-14(2)20-18(15)21-16-7-9-22(10-8-16)13-17-6-4-11-23-17/h12,16-17H,3-11,13H2,1-2H3,(H,19,20,21). The molecule has 5 nitrogen and oxygen atoms in total. The van der Waals surface area contributed by atoms with E-state index < -0.39 is 0 Å². The summed E-state index contributed by atoms with van der Waals surface area (Å²) in [6.45, 7) is 8.55. The third kappa shape index (κ3) is 4.64. The van der Waals surface area contributed by atoms with Crippen LogP contribution in [0.25, 0.3) is 0 Å². The number of piperidine rings is 1. The van der Waals surface area contributed by atoms with Crippen LogP contribution in [0.1, 0.15) is 50.4 Å². The minimum atomic E-state index is 0.472. The zero-order valence-electron chi connectivity index (χ0n) is 14.6. The molecule has 0 aliphatic carbocycles. The Morgan fingerprint density at radius 3 is 2.83 bits per heavy atom. The molecule has 2 aliphatic rings. The van der Waals surface area contributed by atoms with Crippen LogP contribution in [0.3, 0.4) is 0 Å². The number of aryl methyl sites for hydroxylation is 2. The second-order valence-corrected chi connectivity index (χ2v) is 6.90. The van der Waals surface area contributed by atoms with Gasteiger partial charge in [-0.15, -0.1) is 0 Å². The van der Waals surface area contributed by atoms with Gasteiger partial charge in [-0.3, -0.25) is 0 Å². The van der Waals surface area contributed by atoms with Crippen LogP contribution in [0.2, 0.25) is 0 Å². The topological polar surface area (TPSA) is 50.3 Å². The lowest BCUT2D eigenvalue weighted by Crippen LogP contribution is -2.42. The molecule has 2 saturated heterocycles. The summed E-state index contributed by atoms with van der Waals surface area (Å²) in [4.78, 5) is 11.5. The molecule has 3 rings (SSSR count). The fraction of sp³-hybridized carbons (Fsp3) is 0.778. The summed E-state index contributed by atoms with van der Waals surface area (Å²) in [7, 11) is 0. The molecule has 0 aromatic carbocycles. The molecule has 1 aromatic heterocycles. The van der Waals surface area contributed by atoms with Crippen LogP contribution in [-0.2, 0) is 11.2 Å². The molecule has 1 atom stereocenters. The third-order valence-electron chi connectivity index (χ3n) is 4.92. The molecule has 0 radical (unpaired) electrons. The van der Waals surface area contributed by atoms with Gasteiger partial charge in [-0.25, -0.2) is 9.97 Å². The van der Waals surface area contributed by atoms with E-state index in [0.29, 0.717) is 12.1 Å². The monoisotopic (exact) mass is 318 g/mol. The highest BCUT2D eigenvalue weighted by Gasteiger charge is 2.24. The lowest BCUT2D eigenvalue weighted by Gasteiger charge is -2.34. The fourth-order valence-electron chi connectivity index (χ4n) is 3.60. The van der Waals surface area contributed by atoms with Gasteiger partial charge in [0.05, 0.1) is 6.10 Å². The number of hydrogen-bond acceptors (Lipinski definition) is 5. The number of rotatable bonds is 6. The molecule has 1 aromatic rings. The quantitative estimate of drug-likeness (QED) is 0.874. The highest BCUT2D eigenvalue weighted by atomic mass is 16.5. The molecule has 5 heteroatoms. The van der Waals surface area contributed by atoms with Crippen LogP contribution >= 0.6 is 0 Å². The van der Waals surface area contributed by atoms with E-state index in [1.54, 1.807) is 0 Å². The van der Waals surface area contributed by atoms with Crippen LogP contribution in [0.5, 0.6) is 0 Å². The van der Waals surface area contributed by atoms with Crippen molar-refractivity contribution in [3.63, 3.8) is 0 Å². The second-order valence-electron chi connectivity index (χ2n) is 6.90. The summed E-state index contributed by atoms with van der Waals surface area (Å²) in [6.07, 6.45) is 9.46. The lowest BCUT2D eigenvalue weighted by atomic mass is 10.0. The van der Waals surface area contributed by atoms with E-state index >= 15 is 0 Å². The van der Waals surface area contributed by atoms with Crippen LogP contribution in [0, 0.1) is 6.92 Å². The first-order chi connectivity index (χ1) is 11.2. The van der Waals surface area contributed by atoms with Gasteiger partial charge in [0.1, 0.15) is 11.6 Å². The minimum Gasteiger partial charge on any atom is -0.377 e. The van der Waals surface area contributed by atoms with Crippen molar-refractivity contribution in [2.24, 2.45) is 0 Å². The first kappa shape index (κ1) is 16.7. The van der Waals surface area contributed by atoms with Gasteiger partial charge < -0.3 is 15.0 Å². The van der Waals surface area contributed by atoms with Gasteiger partial charge in [-0.05, 0) is 39.0 Å². The van der Waals surface area contributed by atoms with E-state index in [1.165, 1.54) is 31.2 Å². The number of likely N-dealkylation sites (tertiary alicyclic amines) is 1. The molecule has 0 bridgehead atoms. The lowest BCUT2D eigenvalue weighted by molar-refractivity contribution is 0.0654. The van der Waals surface area contributed by atoms with E-state index in [9.17, 15) is 0 Å². The molecular formula is C18H30N4O. The molecule has 2 aliphatic heterocycles. The zero-order chi connectivity index (χ0) is 16.1. The first-order valence-corrected chi connectivity index (χ1v) is 9.17. The van der Waals surface area contributed by atoms with Gasteiger partial charge >= 0.3 is 0 Å². The molecule has 0 amide bonds. The summed E-state index contributed by atoms with van der Waals surface area (Å²) in [6, 6.07) is 0.528. The van der Waals surface area contributed by atoms with E-state index in [4.69, 9.17) is 4.74 Å². The Morgan fingerprint density at radius 1 is 1.30 bits per heavy atom. The van der Waals surface area contributed by atoms with Crippen molar-refractivity contribution in [3.8, 4) is 0 Å². The van der Waals surface area contributed by atoms with Crippen LogP contribution < -0.4 is 5.32 Å². The Kier molecular flexibility index (Phi) is 5.84. The molecule has 0 saturated carbocycles. The predicted molar refractivity (Wildman–Crippen MR) is 92.8 cm³/mol. The van der Waals surface area contributed by atoms with E-state index in [1.807, 2.05) is 13.1 Å². The zero-order valence-corrected chi connectivity index (χ0v) is 14.6. The van der Waals surface area contributed by atoms with Crippen LogP contribution in [0.15, 0.2) is 6.20 Å². The number of nitrogens with one attached hydrogen (secondary N) is 1. The molecular weight excluding hydrogens is 288 g/mol. The summed E-state index contributed by atoms with van der Waals surface area (Å²) in [5.41, 5.74) is 1.25. The Bertz CT molecular complexity index is 494. The highest BCUT2D eigenvalue weighted by Crippen LogP contribution is 2.21. The number of ether oxygens (including phenoxy) is 1. The molecule has 3 heterocycles. The average molecular weight is 318 g/mol. The van der Waals surface area contributed by atoms with E-state index in [0.717, 1.165) is 50.7 Å². The molecule has 128 valence electrons. The van der Waals surface area contributed by atoms with Crippen molar-refractivity contribution in [2.75, 3.05) is 31.6 Å². The normalized spacial score (nSPS) is 23.3. The Balaban J connectivity index is 1.51. The van der Waals surface area contributed by atoms with Crippen molar-refractivity contribution < 1.29 is 4.74 Å². The number of anilines is 1.